The second kappa shape index (κ2) is 11.2. The van der Waals surface area contributed by atoms with Gasteiger partial charge < -0.3 is 9.47 Å². The molecule has 174 valence electrons. The minimum absolute atomic E-state index is 0.0464. The summed E-state index contributed by atoms with van der Waals surface area (Å²) < 4.78 is 39.5. The summed E-state index contributed by atoms with van der Waals surface area (Å²) in [5.41, 5.74) is 0.861. The molecule has 0 amide bonds. The lowest BCUT2D eigenvalue weighted by Gasteiger charge is -2.17. The fourth-order valence-electron chi connectivity index (χ4n) is 3.04. The first kappa shape index (κ1) is 24.7. The number of ether oxygens (including phenoxy) is 2. The van der Waals surface area contributed by atoms with Crippen LogP contribution in [0.4, 0.5) is 14.5 Å². The Hall–Kier alpha value is -2.98. The van der Waals surface area contributed by atoms with Crippen molar-refractivity contribution in [1.82, 2.24) is 9.97 Å². The van der Waals surface area contributed by atoms with Gasteiger partial charge in [0.1, 0.15) is 23.0 Å². The number of hydrogen-bond donors (Lipinski definition) is 0. The number of thioether (sulfide) groups is 1. The molecule has 3 rings (SSSR count). The standard InChI is InChI=1S/C22H20ClF2N3O4S/c1-13(32-17-8-14(12-33-2)7-16(10-17)28(29)30)5-6-31-20-9-15(24)3-4-18(20)21-19(25)11-26-22(23)27-21/h3-4,7-11,13H,5-6,12H2,1-2H3/t13-/m0/s1. The highest BCUT2D eigenvalue weighted by atomic mass is 35.5. The summed E-state index contributed by atoms with van der Waals surface area (Å²) in [7, 11) is 0. The van der Waals surface area contributed by atoms with E-state index in [1.165, 1.54) is 18.2 Å². The second-order valence-corrected chi connectivity index (χ2v) is 8.27. The van der Waals surface area contributed by atoms with E-state index >= 15 is 0 Å². The Bertz CT molecular complexity index is 1150. The minimum atomic E-state index is -0.723. The van der Waals surface area contributed by atoms with E-state index in [9.17, 15) is 18.9 Å². The Morgan fingerprint density at radius 1 is 1.24 bits per heavy atom. The van der Waals surface area contributed by atoms with Crippen LogP contribution in [0.2, 0.25) is 5.28 Å². The maximum absolute atomic E-state index is 14.2. The molecule has 11 heteroatoms. The molecule has 3 aromatic rings. The molecule has 0 unspecified atom stereocenters. The second-order valence-electron chi connectivity index (χ2n) is 7.07. The minimum Gasteiger partial charge on any atom is -0.493 e. The molecule has 33 heavy (non-hydrogen) atoms. The predicted molar refractivity (Wildman–Crippen MR) is 123 cm³/mol. The molecule has 1 aromatic heterocycles. The molecule has 0 bridgehead atoms. The Kier molecular flexibility index (Phi) is 8.40. The molecule has 0 saturated heterocycles. The smallest absolute Gasteiger partial charge is 0.273 e. The van der Waals surface area contributed by atoms with Crippen molar-refractivity contribution in [3.05, 3.63) is 75.2 Å². The first-order chi connectivity index (χ1) is 15.8. The highest BCUT2D eigenvalue weighted by Crippen LogP contribution is 2.32. The van der Waals surface area contributed by atoms with E-state index in [1.807, 2.05) is 6.26 Å². The van der Waals surface area contributed by atoms with Crippen molar-refractivity contribution in [3.8, 4) is 22.8 Å². The van der Waals surface area contributed by atoms with Crippen molar-refractivity contribution in [2.75, 3.05) is 12.9 Å². The number of benzene rings is 2. The topological polar surface area (TPSA) is 87.4 Å². The van der Waals surface area contributed by atoms with E-state index in [0.29, 0.717) is 17.9 Å². The van der Waals surface area contributed by atoms with Gasteiger partial charge in [-0.1, -0.05) is 0 Å². The molecule has 0 radical (unpaired) electrons. The van der Waals surface area contributed by atoms with Crippen LogP contribution in [0.25, 0.3) is 11.3 Å². The first-order valence-electron chi connectivity index (χ1n) is 9.81. The van der Waals surface area contributed by atoms with Crippen LogP contribution >= 0.6 is 23.4 Å². The summed E-state index contributed by atoms with van der Waals surface area (Å²) in [4.78, 5) is 18.2. The summed E-state index contributed by atoms with van der Waals surface area (Å²) in [6, 6.07) is 8.29. The van der Waals surface area contributed by atoms with Crippen LogP contribution in [-0.2, 0) is 5.75 Å². The molecule has 0 spiro atoms. The van der Waals surface area contributed by atoms with Gasteiger partial charge in [0, 0.05) is 29.9 Å². The zero-order valence-electron chi connectivity index (χ0n) is 17.8. The number of nitrogens with zero attached hydrogens (tertiary/aromatic N) is 3. The van der Waals surface area contributed by atoms with Crippen LogP contribution in [-0.4, -0.2) is 33.9 Å². The summed E-state index contributed by atoms with van der Waals surface area (Å²) >= 11 is 7.31. The molecule has 0 aliphatic carbocycles. The zero-order valence-corrected chi connectivity index (χ0v) is 19.3. The van der Waals surface area contributed by atoms with Gasteiger partial charge in [0.25, 0.3) is 5.69 Å². The van der Waals surface area contributed by atoms with E-state index in [0.717, 1.165) is 23.9 Å². The molecule has 0 aliphatic rings. The van der Waals surface area contributed by atoms with Gasteiger partial charge in [-0.3, -0.25) is 10.1 Å². The van der Waals surface area contributed by atoms with Gasteiger partial charge in [0.2, 0.25) is 5.28 Å². The van der Waals surface area contributed by atoms with Crippen molar-refractivity contribution in [2.24, 2.45) is 0 Å². The number of nitro groups is 1. The summed E-state index contributed by atoms with van der Waals surface area (Å²) in [6.07, 6.45) is 2.85. The van der Waals surface area contributed by atoms with E-state index in [4.69, 9.17) is 21.1 Å². The van der Waals surface area contributed by atoms with Gasteiger partial charge in [0.05, 0.1) is 29.9 Å². The van der Waals surface area contributed by atoms with Gasteiger partial charge in [-0.2, -0.15) is 11.8 Å². The molecule has 0 saturated carbocycles. The van der Waals surface area contributed by atoms with Gasteiger partial charge in [0.15, 0.2) is 5.82 Å². The molecule has 7 nitrogen and oxygen atoms in total. The van der Waals surface area contributed by atoms with Crippen LogP contribution in [0, 0.1) is 21.7 Å². The molecule has 1 heterocycles. The molecule has 0 fully saturated rings. The normalized spacial score (nSPS) is 11.8. The highest BCUT2D eigenvalue weighted by molar-refractivity contribution is 7.97. The van der Waals surface area contributed by atoms with E-state index < -0.39 is 16.6 Å². The fraction of sp³-hybridized carbons (Fsp3) is 0.273. The van der Waals surface area contributed by atoms with Crippen LogP contribution < -0.4 is 9.47 Å². The summed E-state index contributed by atoms with van der Waals surface area (Å²) in [5.74, 6) is -0.198. The summed E-state index contributed by atoms with van der Waals surface area (Å²) in [5, 5.41) is 11.0. The SMILES string of the molecule is CSCc1cc(O[C@@H](C)CCOc2cc(F)ccc2-c2nc(Cl)ncc2F)cc([N+](=O)[O-])c1. The Morgan fingerprint density at radius 2 is 2.03 bits per heavy atom. The molecular formula is C22H20ClF2N3O4S. The monoisotopic (exact) mass is 495 g/mol. The van der Waals surface area contributed by atoms with Crippen LogP contribution in [0.15, 0.2) is 42.6 Å². The van der Waals surface area contributed by atoms with E-state index in [1.54, 1.807) is 24.8 Å². The largest absolute Gasteiger partial charge is 0.493 e. The molecule has 0 aliphatic heterocycles. The number of halogens is 3. The van der Waals surface area contributed by atoms with Crippen molar-refractivity contribution in [1.29, 1.82) is 0 Å². The molecule has 0 N–H and O–H groups in total. The number of rotatable bonds is 10. The molecule has 1 atom stereocenters. The van der Waals surface area contributed by atoms with Crippen molar-refractivity contribution >= 4 is 29.1 Å². The Morgan fingerprint density at radius 3 is 2.76 bits per heavy atom. The maximum Gasteiger partial charge on any atom is 0.273 e. The van der Waals surface area contributed by atoms with Gasteiger partial charge in [-0.15, -0.1) is 0 Å². The lowest BCUT2D eigenvalue weighted by atomic mass is 10.1. The van der Waals surface area contributed by atoms with Gasteiger partial charge in [-0.05, 0) is 48.5 Å². The van der Waals surface area contributed by atoms with Crippen LogP contribution in [0.1, 0.15) is 18.9 Å². The molecule has 2 aromatic carbocycles. The quantitative estimate of drug-likeness (QED) is 0.191. The van der Waals surface area contributed by atoms with Crippen molar-refractivity contribution in [2.45, 2.75) is 25.2 Å². The third kappa shape index (κ3) is 6.75. The van der Waals surface area contributed by atoms with Gasteiger partial charge >= 0.3 is 0 Å². The average Bonchev–Trinajstić information content (AvgIpc) is 2.76. The van der Waals surface area contributed by atoms with E-state index in [-0.39, 0.29) is 40.7 Å². The Balaban J connectivity index is 1.69. The summed E-state index contributed by atoms with van der Waals surface area (Å²) in [6.45, 7) is 1.90. The third-order valence-electron chi connectivity index (χ3n) is 4.51. The van der Waals surface area contributed by atoms with Crippen LogP contribution in [0.3, 0.4) is 0 Å². The van der Waals surface area contributed by atoms with Crippen molar-refractivity contribution in [3.63, 3.8) is 0 Å². The molecular weight excluding hydrogens is 476 g/mol. The van der Waals surface area contributed by atoms with Crippen molar-refractivity contribution < 1.29 is 23.2 Å². The lowest BCUT2D eigenvalue weighted by molar-refractivity contribution is -0.385. The third-order valence-corrected chi connectivity index (χ3v) is 5.31. The Labute approximate surface area is 198 Å². The van der Waals surface area contributed by atoms with Crippen LogP contribution in [0.5, 0.6) is 11.5 Å². The van der Waals surface area contributed by atoms with E-state index in [2.05, 4.69) is 9.97 Å². The number of non-ortho nitro benzene ring substituents is 1. The fourth-order valence-corrected chi connectivity index (χ4v) is 3.67. The van der Waals surface area contributed by atoms with Gasteiger partial charge in [-0.25, -0.2) is 18.7 Å². The lowest BCUT2D eigenvalue weighted by Crippen LogP contribution is -2.16. The maximum atomic E-state index is 14.2. The highest BCUT2D eigenvalue weighted by Gasteiger charge is 2.17. The number of hydrogen-bond acceptors (Lipinski definition) is 7. The number of aromatic nitrogens is 2. The predicted octanol–water partition coefficient (Wildman–Crippen LogP) is 6.08. The first-order valence-corrected chi connectivity index (χ1v) is 11.6. The number of nitro benzene ring substituents is 1. The average molecular weight is 496 g/mol. The zero-order chi connectivity index (χ0) is 24.0.